The Morgan fingerprint density at radius 3 is 2.45 bits per heavy atom. The quantitative estimate of drug-likeness (QED) is 0.872. The van der Waals surface area contributed by atoms with E-state index in [-0.39, 0.29) is 10.4 Å². The van der Waals surface area contributed by atoms with E-state index in [0.717, 1.165) is 11.3 Å². The van der Waals surface area contributed by atoms with Crippen LogP contribution in [0.2, 0.25) is 0 Å². The molecule has 0 radical (unpaired) electrons. The number of hydrogen-bond acceptors (Lipinski definition) is 3. The van der Waals surface area contributed by atoms with Gasteiger partial charge in [0.1, 0.15) is 16.4 Å². The van der Waals surface area contributed by atoms with Gasteiger partial charge in [-0.05, 0) is 17.5 Å². The summed E-state index contributed by atoms with van der Waals surface area (Å²) in [6.07, 6.45) is 0. The van der Waals surface area contributed by atoms with Crippen LogP contribution in [0.4, 0.5) is 0 Å². The lowest BCUT2D eigenvalue weighted by molar-refractivity contribution is 0.439. The molecule has 0 amide bonds. The van der Waals surface area contributed by atoms with Crippen LogP contribution in [-0.2, 0) is 5.41 Å². The monoisotopic (exact) mass is 286 g/mol. The Morgan fingerprint density at radius 1 is 1.10 bits per heavy atom. The SMILES string of the molecule is CC(C)(C)c1ccccc1Oc1cccc(C(N)=S)n1. The van der Waals surface area contributed by atoms with Gasteiger partial charge in [-0.25, -0.2) is 4.98 Å². The Labute approximate surface area is 124 Å². The van der Waals surface area contributed by atoms with E-state index in [1.807, 2.05) is 24.3 Å². The highest BCUT2D eigenvalue weighted by Gasteiger charge is 2.19. The van der Waals surface area contributed by atoms with Crippen molar-refractivity contribution >= 4 is 17.2 Å². The van der Waals surface area contributed by atoms with Crippen molar-refractivity contribution in [1.29, 1.82) is 0 Å². The van der Waals surface area contributed by atoms with Crippen molar-refractivity contribution in [3.05, 3.63) is 53.7 Å². The van der Waals surface area contributed by atoms with Gasteiger partial charge in [-0.3, -0.25) is 0 Å². The first kappa shape index (κ1) is 14.5. The summed E-state index contributed by atoms with van der Waals surface area (Å²) >= 11 is 4.93. The van der Waals surface area contributed by atoms with Gasteiger partial charge in [0, 0.05) is 11.6 Å². The highest BCUT2D eigenvalue weighted by Crippen LogP contribution is 2.33. The molecule has 0 saturated heterocycles. The van der Waals surface area contributed by atoms with Crippen molar-refractivity contribution in [2.75, 3.05) is 0 Å². The van der Waals surface area contributed by atoms with Gasteiger partial charge in [-0.15, -0.1) is 0 Å². The summed E-state index contributed by atoms with van der Waals surface area (Å²) in [4.78, 5) is 4.57. The molecule has 0 aliphatic carbocycles. The number of pyridine rings is 1. The van der Waals surface area contributed by atoms with Crippen LogP contribution in [0.15, 0.2) is 42.5 Å². The molecule has 104 valence electrons. The van der Waals surface area contributed by atoms with E-state index in [1.54, 1.807) is 12.1 Å². The molecule has 0 fully saturated rings. The minimum Gasteiger partial charge on any atom is -0.439 e. The standard InChI is InChI=1S/C16H18N2OS/c1-16(2,3)11-7-4-5-9-13(11)19-14-10-6-8-12(18-14)15(17)20/h4-10H,1-3H3,(H2,17,20). The summed E-state index contributed by atoms with van der Waals surface area (Å²) in [6.45, 7) is 6.44. The zero-order valence-corrected chi connectivity index (χ0v) is 12.7. The smallest absolute Gasteiger partial charge is 0.219 e. The van der Waals surface area contributed by atoms with Crippen LogP contribution in [0.3, 0.4) is 0 Å². The van der Waals surface area contributed by atoms with Gasteiger partial charge < -0.3 is 10.5 Å². The Hall–Kier alpha value is -1.94. The van der Waals surface area contributed by atoms with Gasteiger partial charge in [-0.1, -0.05) is 57.3 Å². The molecule has 1 heterocycles. The first-order valence-electron chi connectivity index (χ1n) is 6.42. The van der Waals surface area contributed by atoms with Crippen molar-refractivity contribution in [2.45, 2.75) is 26.2 Å². The van der Waals surface area contributed by atoms with E-state index >= 15 is 0 Å². The molecule has 3 nitrogen and oxygen atoms in total. The lowest BCUT2D eigenvalue weighted by Gasteiger charge is -2.22. The summed E-state index contributed by atoms with van der Waals surface area (Å²) in [7, 11) is 0. The molecule has 0 bridgehead atoms. The summed E-state index contributed by atoms with van der Waals surface area (Å²) < 4.78 is 5.90. The van der Waals surface area contributed by atoms with Gasteiger partial charge in [-0.2, -0.15) is 0 Å². The largest absolute Gasteiger partial charge is 0.439 e. The first-order chi connectivity index (χ1) is 9.38. The number of para-hydroxylation sites is 1. The van der Waals surface area contributed by atoms with Crippen LogP contribution < -0.4 is 10.5 Å². The fourth-order valence-electron chi connectivity index (χ4n) is 1.90. The van der Waals surface area contributed by atoms with E-state index in [1.165, 1.54) is 0 Å². The topological polar surface area (TPSA) is 48.1 Å². The minimum absolute atomic E-state index is 0.00261. The zero-order chi connectivity index (χ0) is 14.8. The Balaban J connectivity index is 2.36. The maximum atomic E-state index is 5.90. The molecule has 20 heavy (non-hydrogen) atoms. The molecule has 0 spiro atoms. The van der Waals surface area contributed by atoms with Crippen LogP contribution in [0.1, 0.15) is 32.0 Å². The molecular formula is C16H18N2OS. The first-order valence-corrected chi connectivity index (χ1v) is 6.83. The van der Waals surface area contributed by atoms with Crippen LogP contribution >= 0.6 is 12.2 Å². The van der Waals surface area contributed by atoms with Crippen molar-refractivity contribution in [1.82, 2.24) is 4.98 Å². The van der Waals surface area contributed by atoms with Crippen molar-refractivity contribution < 1.29 is 4.74 Å². The number of nitrogens with two attached hydrogens (primary N) is 1. The maximum Gasteiger partial charge on any atom is 0.219 e. The second kappa shape index (κ2) is 5.59. The number of rotatable bonds is 3. The minimum atomic E-state index is -0.00261. The summed E-state index contributed by atoms with van der Waals surface area (Å²) in [5.41, 5.74) is 7.27. The number of aromatic nitrogens is 1. The molecule has 2 N–H and O–H groups in total. The fourth-order valence-corrected chi connectivity index (χ4v) is 2.01. The van der Waals surface area contributed by atoms with Crippen LogP contribution in [-0.4, -0.2) is 9.97 Å². The normalized spacial score (nSPS) is 11.2. The van der Waals surface area contributed by atoms with E-state index in [0.29, 0.717) is 11.6 Å². The Bertz CT molecular complexity index is 632. The van der Waals surface area contributed by atoms with Crippen LogP contribution in [0.5, 0.6) is 11.6 Å². The molecule has 2 rings (SSSR count). The summed E-state index contributed by atoms with van der Waals surface area (Å²) in [5.74, 6) is 1.29. The molecule has 0 saturated carbocycles. The molecule has 0 atom stereocenters. The van der Waals surface area contributed by atoms with E-state index in [9.17, 15) is 0 Å². The van der Waals surface area contributed by atoms with Gasteiger partial charge in [0.25, 0.3) is 0 Å². The van der Waals surface area contributed by atoms with Gasteiger partial charge in [0.2, 0.25) is 5.88 Å². The van der Waals surface area contributed by atoms with Gasteiger partial charge in [0.05, 0.1) is 0 Å². The summed E-state index contributed by atoms with van der Waals surface area (Å²) in [5, 5.41) is 0. The number of ether oxygens (including phenoxy) is 1. The second-order valence-electron chi connectivity index (χ2n) is 5.57. The number of thiocarbonyl (C=S) groups is 1. The number of nitrogens with zero attached hydrogens (tertiary/aromatic N) is 1. The van der Waals surface area contributed by atoms with Crippen LogP contribution in [0.25, 0.3) is 0 Å². The molecule has 1 aromatic carbocycles. The van der Waals surface area contributed by atoms with Gasteiger partial charge in [0.15, 0.2) is 0 Å². The lowest BCUT2D eigenvalue weighted by atomic mass is 9.86. The van der Waals surface area contributed by atoms with Crippen LogP contribution in [0, 0.1) is 0 Å². The third-order valence-electron chi connectivity index (χ3n) is 2.89. The predicted molar refractivity (Wildman–Crippen MR) is 85.3 cm³/mol. The Kier molecular flexibility index (Phi) is 4.04. The van der Waals surface area contributed by atoms with Crippen molar-refractivity contribution in [2.24, 2.45) is 5.73 Å². The molecule has 0 aliphatic heterocycles. The van der Waals surface area contributed by atoms with E-state index in [4.69, 9.17) is 22.7 Å². The summed E-state index contributed by atoms with van der Waals surface area (Å²) in [6, 6.07) is 13.3. The number of hydrogen-bond donors (Lipinski definition) is 1. The second-order valence-corrected chi connectivity index (χ2v) is 6.01. The van der Waals surface area contributed by atoms with Crippen molar-refractivity contribution in [3.8, 4) is 11.6 Å². The Morgan fingerprint density at radius 2 is 1.80 bits per heavy atom. The predicted octanol–water partition coefficient (Wildman–Crippen LogP) is 3.81. The number of benzene rings is 1. The third kappa shape index (κ3) is 3.33. The molecule has 0 aliphatic rings. The highest BCUT2D eigenvalue weighted by molar-refractivity contribution is 7.80. The maximum absolute atomic E-state index is 5.90. The molecule has 4 heteroatoms. The average Bonchev–Trinajstić information content (AvgIpc) is 2.38. The third-order valence-corrected chi connectivity index (χ3v) is 3.09. The van der Waals surface area contributed by atoms with E-state index in [2.05, 4.69) is 31.8 Å². The molecule has 2 aromatic rings. The lowest BCUT2D eigenvalue weighted by Crippen LogP contribution is -2.13. The average molecular weight is 286 g/mol. The highest BCUT2D eigenvalue weighted by atomic mass is 32.1. The molecular weight excluding hydrogens is 268 g/mol. The molecule has 0 unspecified atom stereocenters. The van der Waals surface area contributed by atoms with Gasteiger partial charge >= 0.3 is 0 Å². The van der Waals surface area contributed by atoms with Crippen molar-refractivity contribution in [3.63, 3.8) is 0 Å². The zero-order valence-electron chi connectivity index (χ0n) is 11.9. The fraction of sp³-hybridized carbons (Fsp3) is 0.250. The van der Waals surface area contributed by atoms with E-state index < -0.39 is 0 Å². The molecule has 1 aromatic heterocycles.